The average molecular weight is 320 g/mol. The number of benzene rings is 1. The lowest BCUT2D eigenvalue weighted by Gasteiger charge is -2.12. The van der Waals surface area contributed by atoms with Crippen LogP contribution in [0.15, 0.2) is 17.2 Å². The SMILES string of the molecule is CC[C@H](C)NC(=S)N/N=C\c1cc(Cl)cc(Cl)c1O. The Labute approximate surface area is 127 Å². The Balaban J connectivity index is 2.65. The van der Waals surface area contributed by atoms with Gasteiger partial charge in [-0.3, -0.25) is 5.43 Å². The summed E-state index contributed by atoms with van der Waals surface area (Å²) in [4.78, 5) is 0. The molecule has 0 aliphatic rings. The first-order valence-electron chi connectivity index (χ1n) is 5.71. The summed E-state index contributed by atoms with van der Waals surface area (Å²) >= 11 is 16.7. The highest BCUT2D eigenvalue weighted by atomic mass is 35.5. The van der Waals surface area contributed by atoms with Gasteiger partial charge in [0.25, 0.3) is 0 Å². The molecule has 104 valence electrons. The highest BCUT2D eigenvalue weighted by molar-refractivity contribution is 7.80. The van der Waals surface area contributed by atoms with Gasteiger partial charge in [-0.25, -0.2) is 0 Å². The molecule has 0 saturated carbocycles. The van der Waals surface area contributed by atoms with Crippen molar-refractivity contribution in [2.45, 2.75) is 26.3 Å². The fourth-order valence-electron chi connectivity index (χ4n) is 1.20. The highest BCUT2D eigenvalue weighted by Crippen LogP contribution is 2.29. The number of phenolic OH excluding ortho intramolecular Hbond substituents is 1. The highest BCUT2D eigenvalue weighted by Gasteiger charge is 2.06. The van der Waals surface area contributed by atoms with Gasteiger partial charge in [-0.2, -0.15) is 5.10 Å². The van der Waals surface area contributed by atoms with E-state index in [1.54, 1.807) is 6.07 Å². The molecule has 0 fully saturated rings. The molecule has 0 bridgehead atoms. The van der Waals surface area contributed by atoms with Gasteiger partial charge in [0.1, 0.15) is 5.75 Å². The van der Waals surface area contributed by atoms with Gasteiger partial charge in [0.15, 0.2) is 5.11 Å². The van der Waals surface area contributed by atoms with Crippen LogP contribution in [-0.2, 0) is 0 Å². The molecule has 19 heavy (non-hydrogen) atoms. The number of rotatable bonds is 4. The van der Waals surface area contributed by atoms with E-state index < -0.39 is 0 Å². The molecule has 0 heterocycles. The second-order valence-corrected chi connectivity index (χ2v) is 5.23. The lowest BCUT2D eigenvalue weighted by molar-refractivity contribution is 0.474. The second-order valence-electron chi connectivity index (χ2n) is 3.98. The maximum atomic E-state index is 9.71. The maximum Gasteiger partial charge on any atom is 0.187 e. The summed E-state index contributed by atoms with van der Waals surface area (Å²) in [6, 6.07) is 3.28. The van der Waals surface area contributed by atoms with E-state index in [0.717, 1.165) is 6.42 Å². The van der Waals surface area contributed by atoms with Gasteiger partial charge in [-0.05, 0) is 37.7 Å². The molecule has 0 spiro atoms. The van der Waals surface area contributed by atoms with Crippen LogP contribution in [0.3, 0.4) is 0 Å². The third-order valence-corrected chi connectivity index (χ3v) is 3.13. The molecule has 1 atom stereocenters. The molecular formula is C12H15Cl2N3OS. The minimum atomic E-state index is -0.0718. The minimum Gasteiger partial charge on any atom is -0.506 e. The summed E-state index contributed by atoms with van der Waals surface area (Å²) in [5.74, 6) is -0.0718. The maximum absolute atomic E-state index is 9.71. The fraction of sp³-hybridized carbons (Fsp3) is 0.333. The van der Waals surface area contributed by atoms with Crippen molar-refractivity contribution < 1.29 is 5.11 Å². The van der Waals surface area contributed by atoms with Crippen molar-refractivity contribution in [2.75, 3.05) is 0 Å². The molecule has 0 aliphatic heterocycles. The van der Waals surface area contributed by atoms with E-state index in [2.05, 4.69) is 22.8 Å². The molecule has 1 aromatic rings. The molecule has 0 aromatic heterocycles. The minimum absolute atomic E-state index is 0.0718. The zero-order chi connectivity index (χ0) is 14.4. The van der Waals surface area contributed by atoms with E-state index in [0.29, 0.717) is 15.7 Å². The van der Waals surface area contributed by atoms with E-state index in [-0.39, 0.29) is 16.8 Å². The molecule has 0 aliphatic carbocycles. The van der Waals surface area contributed by atoms with Crippen molar-refractivity contribution in [1.82, 2.24) is 10.7 Å². The van der Waals surface area contributed by atoms with Gasteiger partial charge in [0.05, 0.1) is 11.2 Å². The largest absolute Gasteiger partial charge is 0.506 e. The van der Waals surface area contributed by atoms with Crippen LogP contribution < -0.4 is 10.7 Å². The number of thiocarbonyl (C=S) groups is 1. The van der Waals surface area contributed by atoms with Crippen LogP contribution in [0, 0.1) is 0 Å². The van der Waals surface area contributed by atoms with E-state index in [1.165, 1.54) is 12.3 Å². The summed E-state index contributed by atoms with van der Waals surface area (Å²) in [6.45, 7) is 4.07. The third-order valence-electron chi connectivity index (χ3n) is 2.42. The third kappa shape index (κ3) is 5.22. The first-order chi connectivity index (χ1) is 8.93. The van der Waals surface area contributed by atoms with Crippen LogP contribution in [0.5, 0.6) is 5.75 Å². The summed E-state index contributed by atoms with van der Waals surface area (Å²) in [5, 5.41) is 17.7. The average Bonchev–Trinajstić information content (AvgIpc) is 2.34. The molecule has 4 nitrogen and oxygen atoms in total. The Morgan fingerprint density at radius 1 is 1.53 bits per heavy atom. The van der Waals surface area contributed by atoms with Crippen LogP contribution in [0.25, 0.3) is 0 Å². The lowest BCUT2D eigenvalue weighted by Crippen LogP contribution is -2.37. The van der Waals surface area contributed by atoms with Crippen molar-refractivity contribution in [3.63, 3.8) is 0 Å². The molecule has 7 heteroatoms. The van der Waals surface area contributed by atoms with Crippen LogP contribution in [0.1, 0.15) is 25.8 Å². The second kappa shape index (κ2) is 7.53. The number of hydrogen-bond donors (Lipinski definition) is 3. The lowest BCUT2D eigenvalue weighted by atomic mass is 10.2. The van der Waals surface area contributed by atoms with Crippen LogP contribution >= 0.6 is 35.4 Å². The van der Waals surface area contributed by atoms with Crippen molar-refractivity contribution in [3.05, 3.63) is 27.7 Å². The van der Waals surface area contributed by atoms with Gasteiger partial charge in [0, 0.05) is 16.6 Å². The standard InChI is InChI=1S/C12H15Cl2N3OS/c1-3-7(2)16-12(19)17-15-6-8-4-9(13)5-10(14)11(8)18/h4-7,18H,3H2,1-2H3,(H2,16,17,19)/b15-6-/t7-/m0/s1. The molecule has 1 rings (SSSR count). The quantitative estimate of drug-likeness (QED) is 0.453. The first-order valence-corrected chi connectivity index (χ1v) is 6.88. The number of nitrogens with zero attached hydrogens (tertiary/aromatic N) is 1. The van der Waals surface area contributed by atoms with Crippen molar-refractivity contribution in [1.29, 1.82) is 0 Å². The van der Waals surface area contributed by atoms with Crippen molar-refractivity contribution >= 4 is 46.7 Å². The monoisotopic (exact) mass is 319 g/mol. The van der Waals surface area contributed by atoms with Crippen LogP contribution in [0.2, 0.25) is 10.0 Å². The topological polar surface area (TPSA) is 56.7 Å². The molecule has 0 radical (unpaired) electrons. The molecule has 0 unspecified atom stereocenters. The van der Waals surface area contributed by atoms with Gasteiger partial charge >= 0.3 is 0 Å². The van der Waals surface area contributed by atoms with Gasteiger partial charge in [-0.15, -0.1) is 0 Å². The van der Waals surface area contributed by atoms with E-state index in [1.807, 2.05) is 6.92 Å². The number of phenols is 1. The number of halogens is 2. The Morgan fingerprint density at radius 3 is 2.84 bits per heavy atom. The van der Waals surface area contributed by atoms with Crippen LogP contribution in [-0.4, -0.2) is 22.5 Å². The summed E-state index contributed by atoms with van der Waals surface area (Å²) < 4.78 is 0. The number of nitrogens with one attached hydrogen (secondary N) is 2. The normalized spacial score (nSPS) is 12.4. The fourth-order valence-corrected chi connectivity index (χ4v) is 1.97. The number of hydrogen-bond acceptors (Lipinski definition) is 3. The van der Waals surface area contributed by atoms with E-state index in [4.69, 9.17) is 35.4 Å². The predicted molar refractivity (Wildman–Crippen MR) is 84.3 cm³/mol. The summed E-state index contributed by atoms with van der Waals surface area (Å²) in [7, 11) is 0. The summed E-state index contributed by atoms with van der Waals surface area (Å²) in [6.07, 6.45) is 2.36. The smallest absolute Gasteiger partial charge is 0.187 e. The summed E-state index contributed by atoms with van der Waals surface area (Å²) in [5.41, 5.74) is 3.07. The van der Waals surface area contributed by atoms with Crippen molar-refractivity contribution in [3.8, 4) is 5.75 Å². The Hall–Kier alpha value is -1.04. The molecule has 3 N–H and O–H groups in total. The number of hydrazone groups is 1. The zero-order valence-electron chi connectivity index (χ0n) is 10.6. The van der Waals surface area contributed by atoms with Crippen LogP contribution in [0.4, 0.5) is 0 Å². The van der Waals surface area contributed by atoms with Gasteiger partial charge < -0.3 is 10.4 Å². The Morgan fingerprint density at radius 2 is 2.21 bits per heavy atom. The molecule has 1 aromatic carbocycles. The van der Waals surface area contributed by atoms with Crippen molar-refractivity contribution in [2.24, 2.45) is 5.10 Å². The molecule has 0 amide bonds. The van der Waals surface area contributed by atoms with E-state index >= 15 is 0 Å². The molecular weight excluding hydrogens is 305 g/mol. The number of aromatic hydroxyl groups is 1. The zero-order valence-corrected chi connectivity index (χ0v) is 12.9. The predicted octanol–water partition coefficient (Wildman–Crippen LogP) is 3.30. The van der Waals surface area contributed by atoms with Gasteiger partial charge in [0.2, 0.25) is 0 Å². The Kier molecular flexibility index (Phi) is 6.34. The first kappa shape index (κ1) is 16.0. The van der Waals surface area contributed by atoms with Gasteiger partial charge in [-0.1, -0.05) is 30.1 Å². The Bertz CT molecular complexity index is 494. The van der Waals surface area contributed by atoms with E-state index in [9.17, 15) is 5.11 Å². The molecule has 0 saturated heterocycles.